The Labute approximate surface area is 131 Å². The van der Waals surface area contributed by atoms with E-state index < -0.39 is 0 Å². The second kappa shape index (κ2) is 7.66. The minimum Gasteiger partial charge on any atom is -0.344 e. The third kappa shape index (κ3) is 3.68. The maximum Gasteiger partial charge on any atom is 0.186 e. The Morgan fingerprint density at radius 3 is 2.90 bits per heavy atom. The Morgan fingerprint density at radius 1 is 1.45 bits per heavy atom. The van der Waals surface area contributed by atoms with E-state index in [1.165, 1.54) is 27.2 Å². The molecule has 2 heterocycles. The molecule has 114 valence electrons. The Bertz CT molecular complexity index is 419. The van der Waals surface area contributed by atoms with E-state index in [4.69, 9.17) is 4.98 Å². The van der Waals surface area contributed by atoms with Gasteiger partial charge in [-0.1, -0.05) is 20.8 Å². The normalized spacial score (nSPS) is 21.2. The van der Waals surface area contributed by atoms with Gasteiger partial charge in [-0.05, 0) is 25.8 Å². The smallest absolute Gasteiger partial charge is 0.186 e. The second-order valence-electron chi connectivity index (χ2n) is 5.51. The molecule has 2 rings (SSSR count). The third-order valence-corrected chi connectivity index (χ3v) is 6.24. The van der Waals surface area contributed by atoms with Gasteiger partial charge in [0.25, 0.3) is 0 Å². The van der Waals surface area contributed by atoms with Crippen molar-refractivity contribution in [3.63, 3.8) is 0 Å². The summed E-state index contributed by atoms with van der Waals surface area (Å²) in [7, 11) is 0. The van der Waals surface area contributed by atoms with Crippen LogP contribution in [0.2, 0.25) is 0 Å². The Balaban J connectivity index is 2.22. The molecular weight excluding hydrogens is 286 g/mol. The third-order valence-electron chi connectivity index (χ3n) is 3.94. The van der Waals surface area contributed by atoms with Crippen LogP contribution in [0.4, 0.5) is 5.13 Å². The number of rotatable bonds is 6. The summed E-state index contributed by atoms with van der Waals surface area (Å²) in [5, 5.41) is 4.70. The molecule has 0 aliphatic carbocycles. The predicted octanol–water partition coefficient (Wildman–Crippen LogP) is 3.71. The van der Waals surface area contributed by atoms with E-state index in [-0.39, 0.29) is 0 Å². The minimum atomic E-state index is 0.558. The zero-order chi connectivity index (χ0) is 14.5. The second-order valence-corrected chi connectivity index (χ2v) is 7.72. The fourth-order valence-corrected chi connectivity index (χ4v) is 4.72. The first kappa shape index (κ1) is 16.1. The molecule has 0 amide bonds. The van der Waals surface area contributed by atoms with Gasteiger partial charge in [0.15, 0.2) is 5.13 Å². The molecule has 0 aromatic carbocycles. The van der Waals surface area contributed by atoms with Crippen molar-refractivity contribution >= 4 is 28.2 Å². The quantitative estimate of drug-likeness (QED) is 0.866. The summed E-state index contributed by atoms with van der Waals surface area (Å²) in [4.78, 5) is 8.94. The number of anilines is 1. The molecule has 0 radical (unpaired) electrons. The van der Waals surface area contributed by atoms with Gasteiger partial charge in [0, 0.05) is 35.5 Å². The highest BCUT2D eigenvalue weighted by atomic mass is 32.2. The number of hydrogen-bond donors (Lipinski definition) is 1. The number of aromatic nitrogens is 1. The predicted molar refractivity (Wildman–Crippen MR) is 92.3 cm³/mol. The average molecular weight is 314 g/mol. The standard InChI is InChI=1S/C15H27N3S2/c1-5-11(3)14-13(9-16-6-2)20-15(17-14)18-7-8-19-10-12(18)4/h11-12,16H,5-10H2,1-4H3. The van der Waals surface area contributed by atoms with Gasteiger partial charge >= 0.3 is 0 Å². The van der Waals surface area contributed by atoms with Gasteiger partial charge in [0.1, 0.15) is 0 Å². The van der Waals surface area contributed by atoms with Gasteiger partial charge in [-0.25, -0.2) is 4.98 Å². The van der Waals surface area contributed by atoms with Crippen molar-refractivity contribution in [3.05, 3.63) is 10.6 Å². The van der Waals surface area contributed by atoms with Crippen molar-refractivity contribution < 1.29 is 0 Å². The number of hydrogen-bond acceptors (Lipinski definition) is 5. The van der Waals surface area contributed by atoms with Gasteiger partial charge in [0.05, 0.1) is 5.69 Å². The molecular formula is C15H27N3S2. The lowest BCUT2D eigenvalue weighted by atomic mass is 10.0. The van der Waals surface area contributed by atoms with Crippen molar-refractivity contribution in [1.29, 1.82) is 0 Å². The van der Waals surface area contributed by atoms with Crippen LogP contribution in [0, 0.1) is 0 Å². The number of thioether (sulfide) groups is 1. The molecule has 1 aromatic rings. The molecule has 0 spiro atoms. The summed E-state index contributed by atoms with van der Waals surface area (Å²) in [6, 6.07) is 0.608. The van der Waals surface area contributed by atoms with E-state index in [2.05, 4.69) is 49.7 Å². The van der Waals surface area contributed by atoms with Crippen LogP contribution in [-0.2, 0) is 6.54 Å². The van der Waals surface area contributed by atoms with Gasteiger partial charge < -0.3 is 10.2 Å². The minimum absolute atomic E-state index is 0.558. The molecule has 1 aromatic heterocycles. The molecule has 5 heteroatoms. The van der Waals surface area contributed by atoms with Gasteiger partial charge in [-0.2, -0.15) is 11.8 Å². The molecule has 3 nitrogen and oxygen atoms in total. The van der Waals surface area contributed by atoms with Gasteiger partial charge in [-0.15, -0.1) is 11.3 Å². The van der Waals surface area contributed by atoms with E-state index in [1.54, 1.807) is 0 Å². The van der Waals surface area contributed by atoms with E-state index in [0.29, 0.717) is 12.0 Å². The summed E-state index contributed by atoms with van der Waals surface area (Å²) in [6.45, 7) is 12.1. The summed E-state index contributed by atoms with van der Waals surface area (Å²) >= 11 is 3.96. The lowest BCUT2D eigenvalue weighted by Crippen LogP contribution is -2.40. The lowest BCUT2D eigenvalue weighted by molar-refractivity contribution is 0.667. The first-order valence-electron chi connectivity index (χ1n) is 7.72. The first-order chi connectivity index (χ1) is 9.67. The Hall–Kier alpha value is -0.260. The van der Waals surface area contributed by atoms with Crippen molar-refractivity contribution in [2.75, 3.05) is 29.5 Å². The van der Waals surface area contributed by atoms with Gasteiger partial charge in [-0.3, -0.25) is 0 Å². The van der Waals surface area contributed by atoms with Crippen molar-refractivity contribution in [1.82, 2.24) is 10.3 Å². The Morgan fingerprint density at radius 2 is 2.25 bits per heavy atom. The summed E-state index contributed by atoms with van der Waals surface area (Å²) in [5.41, 5.74) is 1.32. The Kier molecular flexibility index (Phi) is 6.18. The van der Waals surface area contributed by atoms with Crippen LogP contribution in [0.1, 0.15) is 50.6 Å². The van der Waals surface area contributed by atoms with Crippen LogP contribution in [0.5, 0.6) is 0 Å². The van der Waals surface area contributed by atoms with E-state index in [0.717, 1.165) is 26.1 Å². The molecule has 2 atom stereocenters. The fourth-order valence-electron chi connectivity index (χ4n) is 2.43. The van der Waals surface area contributed by atoms with Crippen molar-refractivity contribution in [3.8, 4) is 0 Å². The van der Waals surface area contributed by atoms with E-state index in [9.17, 15) is 0 Å². The number of thiazole rings is 1. The maximum atomic E-state index is 5.00. The highest BCUT2D eigenvalue weighted by molar-refractivity contribution is 7.99. The highest BCUT2D eigenvalue weighted by Crippen LogP contribution is 2.34. The topological polar surface area (TPSA) is 28.2 Å². The molecule has 20 heavy (non-hydrogen) atoms. The van der Waals surface area contributed by atoms with Crippen LogP contribution in [0.25, 0.3) is 0 Å². The highest BCUT2D eigenvalue weighted by Gasteiger charge is 2.24. The molecule has 0 bridgehead atoms. The average Bonchev–Trinajstić information content (AvgIpc) is 2.88. The van der Waals surface area contributed by atoms with Crippen molar-refractivity contribution in [2.45, 2.75) is 52.6 Å². The molecule has 1 N–H and O–H groups in total. The summed E-state index contributed by atoms with van der Waals surface area (Å²) in [5.74, 6) is 3.01. The molecule has 0 saturated carbocycles. The van der Waals surface area contributed by atoms with Crippen LogP contribution in [0.3, 0.4) is 0 Å². The van der Waals surface area contributed by atoms with Crippen LogP contribution < -0.4 is 10.2 Å². The van der Waals surface area contributed by atoms with E-state index in [1.807, 2.05) is 11.3 Å². The zero-order valence-corrected chi connectivity index (χ0v) is 14.7. The van der Waals surface area contributed by atoms with Crippen LogP contribution in [0.15, 0.2) is 0 Å². The largest absolute Gasteiger partial charge is 0.344 e. The molecule has 1 fully saturated rings. The monoisotopic (exact) mass is 313 g/mol. The number of nitrogens with zero attached hydrogens (tertiary/aromatic N) is 2. The molecule has 2 unspecified atom stereocenters. The van der Waals surface area contributed by atoms with Crippen molar-refractivity contribution in [2.24, 2.45) is 0 Å². The van der Waals surface area contributed by atoms with Gasteiger partial charge in [0.2, 0.25) is 0 Å². The first-order valence-corrected chi connectivity index (χ1v) is 9.69. The zero-order valence-electron chi connectivity index (χ0n) is 13.1. The molecule has 1 aliphatic rings. The molecule has 1 saturated heterocycles. The molecule has 1 aliphatic heterocycles. The SMILES string of the molecule is CCNCc1sc(N2CCSCC2C)nc1C(C)CC. The van der Waals surface area contributed by atoms with Crippen LogP contribution in [-0.4, -0.2) is 35.6 Å². The summed E-state index contributed by atoms with van der Waals surface area (Å²) in [6.07, 6.45) is 1.16. The lowest BCUT2D eigenvalue weighted by Gasteiger charge is -2.32. The fraction of sp³-hybridized carbons (Fsp3) is 0.800. The number of nitrogens with one attached hydrogen (secondary N) is 1. The van der Waals surface area contributed by atoms with E-state index >= 15 is 0 Å². The van der Waals surface area contributed by atoms with Crippen LogP contribution >= 0.6 is 23.1 Å². The maximum absolute atomic E-state index is 5.00. The summed E-state index contributed by atoms with van der Waals surface area (Å²) < 4.78 is 0.